The highest BCUT2D eigenvalue weighted by Crippen LogP contribution is 2.25. The number of ether oxygens (including phenoxy) is 1. The van der Waals surface area contributed by atoms with Crippen LogP contribution in [0.5, 0.6) is 6.01 Å². The molecule has 3 aromatic carbocycles. The van der Waals surface area contributed by atoms with Crippen molar-refractivity contribution in [2.24, 2.45) is 0 Å². The number of hydrogen-bond acceptors (Lipinski definition) is 4. The van der Waals surface area contributed by atoms with Gasteiger partial charge >= 0.3 is 12.0 Å². The summed E-state index contributed by atoms with van der Waals surface area (Å²) in [5, 5.41) is 4.86. The summed E-state index contributed by atoms with van der Waals surface area (Å²) in [7, 11) is 0. The molecule has 0 N–H and O–H groups in total. The molecule has 0 aliphatic heterocycles. The lowest BCUT2D eigenvalue weighted by Crippen LogP contribution is -2.09. The Morgan fingerprint density at radius 1 is 0.929 bits per heavy atom. The normalized spacial score (nSPS) is 10.6. The number of aromatic nitrogens is 3. The van der Waals surface area contributed by atoms with Gasteiger partial charge in [0.05, 0.1) is 11.3 Å². The van der Waals surface area contributed by atoms with Crippen LogP contribution in [0.15, 0.2) is 78.9 Å². The Morgan fingerprint density at radius 3 is 2.29 bits per heavy atom. The van der Waals surface area contributed by atoms with Crippen molar-refractivity contribution in [3.05, 3.63) is 95.3 Å². The van der Waals surface area contributed by atoms with Crippen molar-refractivity contribution in [3.8, 4) is 23.1 Å². The minimum atomic E-state index is -0.570. The van der Waals surface area contributed by atoms with E-state index in [0.717, 1.165) is 0 Å². The van der Waals surface area contributed by atoms with Gasteiger partial charge in [0.15, 0.2) is 5.82 Å². The van der Waals surface area contributed by atoms with Crippen LogP contribution in [0.2, 0.25) is 5.02 Å². The maximum Gasteiger partial charge on any atom is 0.345 e. The van der Waals surface area contributed by atoms with E-state index in [1.165, 1.54) is 16.8 Å². The zero-order chi connectivity index (χ0) is 19.5. The molecule has 4 rings (SSSR count). The summed E-state index contributed by atoms with van der Waals surface area (Å²) in [6.45, 7) is 0. The predicted octanol–water partition coefficient (Wildman–Crippen LogP) is 4.95. The molecule has 138 valence electrons. The summed E-state index contributed by atoms with van der Waals surface area (Å²) in [6.07, 6.45) is 0. The highest BCUT2D eigenvalue weighted by Gasteiger charge is 2.18. The lowest BCUT2D eigenvalue weighted by atomic mass is 10.2. The standard InChI is InChI=1S/C21H13ClFN3O2/c22-16-8-6-14(7-9-16)19-24-21(28-20(27)15-4-2-1-3-5-15)25-26(19)18-12-10-17(23)11-13-18/h1-13H. The average Bonchev–Trinajstić information content (AvgIpc) is 3.13. The molecule has 0 unspecified atom stereocenters. The first-order valence-corrected chi connectivity index (χ1v) is 8.74. The van der Waals surface area contributed by atoms with Crippen molar-refractivity contribution >= 4 is 17.6 Å². The quantitative estimate of drug-likeness (QED) is 0.460. The van der Waals surface area contributed by atoms with E-state index >= 15 is 0 Å². The Hall–Kier alpha value is -3.51. The molecule has 1 aromatic heterocycles. The third-order valence-corrected chi connectivity index (χ3v) is 4.21. The molecule has 1 heterocycles. The Morgan fingerprint density at radius 2 is 1.61 bits per heavy atom. The minimum absolute atomic E-state index is 0.108. The van der Waals surface area contributed by atoms with E-state index in [1.807, 2.05) is 0 Å². The second-order valence-corrected chi connectivity index (χ2v) is 6.31. The van der Waals surface area contributed by atoms with Crippen LogP contribution in [0.4, 0.5) is 4.39 Å². The summed E-state index contributed by atoms with van der Waals surface area (Å²) < 4.78 is 20.1. The summed E-state index contributed by atoms with van der Waals surface area (Å²) in [6, 6.07) is 21.2. The van der Waals surface area contributed by atoms with Gasteiger partial charge in [0.25, 0.3) is 0 Å². The molecule has 0 atom stereocenters. The molecule has 0 amide bonds. The van der Waals surface area contributed by atoms with Crippen molar-refractivity contribution in [3.63, 3.8) is 0 Å². The topological polar surface area (TPSA) is 57.0 Å². The number of hydrogen-bond donors (Lipinski definition) is 0. The van der Waals surface area contributed by atoms with Gasteiger partial charge in [0.2, 0.25) is 0 Å². The van der Waals surface area contributed by atoms with Gasteiger partial charge in [0, 0.05) is 10.6 Å². The molecule has 0 aliphatic rings. The molecule has 0 saturated heterocycles. The van der Waals surface area contributed by atoms with Crippen molar-refractivity contribution in [1.82, 2.24) is 14.8 Å². The van der Waals surface area contributed by atoms with Crippen molar-refractivity contribution in [2.45, 2.75) is 0 Å². The monoisotopic (exact) mass is 393 g/mol. The van der Waals surface area contributed by atoms with Crippen LogP contribution in [0, 0.1) is 5.82 Å². The van der Waals surface area contributed by atoms with Crippen LogP contribution in [-0.4, -0.2) is 20.7 Å². The fraction of sp³-hybridized carbons (Fsp3) is 0. The van der Waals surface area contributed by atoms with Crippen molar-refractivity contribution in [2.75, 3.05) is 0 Å². The van der Waals surface area contributed by atoms with Gasteiger partial charge in [-0.25, -0.2) is 13.9 Å². The maximum absolute atomic E-state index is 13.3. The molecule has 0 fully saturated rings. The van der Waals surface area contributed by atoms with Gasteiger partial charge < -0.3 is 4.74 Å². The molecule has 0 spiro atoms. The first-order chi connectivity index (χ1) is 13.6. The Balaban J connectivity index is 1.74. The maximum atomic E-state index is 13.3. The number of esters is 1. The van der Waals surface area contributed by atoms with E-state index in [2.05, 4.69) is 10.1 Å². The molecule has 7 heteroatoms. The van der Waals surface area contributed by atoms with E-state index in [9.17, 15) is 9.18 Å². The Labute approximate surface area is 165 Å². The van der Waals surface area contributed by atoms with Gasteiger partial charge in [-0.15, -0.1) is 5.10 Å². The number of nitrogens with zero attached hydrogens (tertiary/aromatic N) is 3. The third kappa shape index (κ3) is 3.77. The Bertz CT molecular complexity index is 1050. The molecule has 0 aliphatic carbocycles. The highest BCUT2D eigenvalue weighted by atomic mass is 35.5. The van der Waals surface area contributed by atoms with Crippen LogP contribution < -0.4 is 4.74 Å². The molecular weight excluding hydrogens is 381 g/mol. The second kappa shape index (κ2) is 7.62. The summed E-state index contributed by atoms with van der Waals surface area (Å²) in [5.74, 6) is -0.508. The first-order valence-electron chi connectivity index (χ1n) is 8.36. The molecule has 0 saturated carbocycles. The largest absolute Gasteiger partial charge is 0.386 e. The van der Waals surface area contributed by atoms with Gasteiger partial charge in [-0.3, -0.25) is 0 Å². The first kappa shape index (κ1) is 17.9. The van der Waals surface area contributed by atoms with Crippen molar-refractivity contribution in [1.29, 1.82) is 0 Å². The fourth-order valence-corrected chi connectivity index (χ4v) is 2.73. The molecule has 4 aromatic rings. The van der Waals surface area contributed by atoms with Crippen LogP contribution >= 0.6 is 11.6 Å². The minimum Gasteiger partial charge on any atom is -0.386 e. The second-order valence-electron chi connectivity index (χ2n) is 5.87. The SMILES string of the molecule is O=C(Oc1nc(-c2ccc(Cl)cc2)n(-c2ccc(F)cc2)n1)c1ccccc1. The highest BCUT2D eigenvalue weighted by molar-refractivity contribution is 6.30. The smallest absolute Gasteiger partial charge is 0.345 e. The molecule has 28 heavy (non-hydrogen) atoms. The van der Waals surface area contributed by atoms with Crippen LogP contribution in [0.3, 0.4) is 0 Å². The third-order valence-electron chi connectivity index (χ3n) is 3.95. The summed E-state index contributed by atoms with van der Waals surface area (Å²) >= 11 is 5.96. The van der Waals surface area contributed by atoms with E-state index in [0.29, 0.717) is 27.7 Å². The van der Waals surface area contributed by atoms with Gasteiger partial charge in [-0.2, -0.15) is 4.98 Å². The number of carbonyl (C=O) groups excluding carboxylic acids is 1. The number of rotatable bonds is 4. The average molecular weight is 394 g/mol. The Kier molecular flexibility index (Phi) is 4.87. The van der Waals surface area contributed by atoms with Gasteiger partial charge in [-0.1, -0.05) is 29.8 Å². The number of benzene rings is 3. The fourth-order valence-electron chi connectivity index (χ4n) is 2.60. The molecule has 0 radical (unpaired) electrons. The molecule has 5 nitrogen and oxygen atoms in total. The van der Waals surface area contributed by atoms with E-state index in [4.69, 9.17) is 16.3 Å². The van der Waals surface area contributed by atoms with Crippen LogP contribution in [0.25, 0.3) is 17.1 Å². The van der Waals surface area contributed by atoms with Crippen molar-refractivity contribution < 1.29 is 13.9 Å². The lowest BCUT2D eigenvalue weighted by molar-refractivity contribution is 0.0719. The van der Waals surface area contributed by atoms with E-state index in [-0.39, 0.29) is 11.8 Å². The predicted molar refractivity (Wildman–Crippen MR) is 103 cm³/mol. The molecule has 0 bridgehead atoms. The summed E-state index contributed by atoms with van der Waals surface area (Å²) in [5.41, 5.74) is 1.66. The van der Waals surface area contributed by atoms with Crippen LogP contribution in [0.1, 0.15) is 10.4 Å². The van der Waals surface area contributed by atoms with Gasteiger partial charge in [0.1, 0.15) is 5.82 Å². The number of carbonyl (C=O) groups is 1. The van der Waals surface area contributed by atoms with Crippen LogP contribution in [-0.2, 0) is 0 Å². The molecular formula is C21H13ClFN3O2. The zero-order valence-electron chi connectivity index (χ0n) is 14.4. The zero-order valence-corrected chi connectivity index (χ0v) is 15.2. The lowest BCUT2D eigenvalue weighted by Gasteiger charge is -2.05. The van der Waals surface area contributed by atoms with Gasteiger partial charge in [-0.05, 0) is 60.7 Å². The number of halogens is 2. The van der Waals surface area contributed by atoms with E-state index < -0.39 is 5.97 Å². The van der Waals surface area contributed by atoms with E-state index in [1.54, 1.807) is 66.7 Å². The summed E-state index contributed by atoms with van der Waals surface area (Å²) in [4.78, 5) is 16.7.